The topological polar surface area (TPSA) is 66.4 Å². The van der Waals surface area contributed by atoms with Crippen LogP contribution in [0.3, 0.4) is 0 Å². The molecule has 1 aromatic rings. The van der Waals surface area contributed by atoms with Crippen molar-refractivity contribution >= 4 is 10.0 Å². The van der Waals surface area contributed by atoms with Crippen LogP contribution in [-0.2, 0) is 10.0 Å². The van der Waals surface area contributed by atoms with E-state index in [1.807, 2.05) is 0 Å². The lowest BCUT2D eigenvalue weighted by Gasteiger charge is -2.18. The van der Waals surface area contributed by atoms with E-state index in [9.17, 15) is 12.8 Å². The van der Waals surface area contributed by atoms with E-state index < -0.39 is 15.8 Å². The molecule has 1 aromatic carbocycles. The number of aryl methyl sites for hydroxylation is 1. The smallest absolute Gasteiger partial charge is 0.240 e. The predicted molar refractivity (Wildman–Crippen MR) is 81.0 cm³/mol. The first-order chi connectivity index (χ1) is 9.76. The number of halogens is 1. The van der Waals surface area contributed by atoms with Gasteiger partial charge in [-0.05, 0) is 55.4 Å². The van der Waals surface area contributed by atoms with Crippen LogP contribution in [0, 0.1) is 24.6 Å². The summed E-state index contributed by atoms with van der Waals surface area (Å²) in [7, 11) is -3.65. The van der Waals surface area contributed by atoms with E-state index in [1.54, 1.807) is 0 Å². The largest absolute Gasteiger partial charge is 0.396 e. The fourth-order valence-corrected chi connectivity index (χ4v) is 3.45. The molecule has 0 bridgehead atoms. The molecule has 120 valence electrons. The Morgan fingerprint density at radius 2 is 2.00 bits per heavy atom. The van der Waals surface area contributed by atoms with Gasteiger partial charge in [-0.2, -0.15) is 0 Å². The summed E-state index contributed by atoms with van der Waals surface area (Å²) >= 11 is 0. The summed E-state index contributed by atoms with van der Waals surface area (Å²) in [5.41, 5.74) is 0.298. The monoisotopic (exact) mass is 317 g/mol. The number of hydrogen-bond acceptors (Lipinski definition) is 3. The van der Waals surface area contributed by atoms with Crippen molar-refractivity contribution in [2.45, 2.75) is 38.5 Å². The Bertz CT molecular complexity index is 558. The summed E-state index contributed by atoms with van der Waals surface area (Å²) in [5.74, 6) is 0.0948. The Hall–Kier alpha value is -0.980. The van der Waals surface area contributed by atoms with Crippen molar-refractivity contribution in [1.82, 2.24) is 4.72 Å². The van der Waals surface area contributed by atoms with Crippen LogP contribution in [0.4, 0.5) is 4.39 Å². The first-order valence-corrected chi connectivity index (χ1v) is 8.61. The molecule has 21 heavy (non-hydrogen) atoms. The van der Waals surface area contributed by atoms with Gasteiger partial charge in [-0.15, -0.1) is 0 Å². The summed E-state index contributed by atoms with van der Waals surface area (Å²) < 4.78 is 40.1. The highest BCUT2D eigenvalue weighted by atomic mass is 32.2. The number of rotatable bonds is 8. The van der Waals surface area contributed by atoms with Gasteiger partial charge in [0.15, 0.2) is 0 Å². The molecule has 2 N–H and O–H groups in total. The fraction of sp³-hybridized carbons (Fsp3) is 0.600. The lowest BCUT2D eigenvalue weighted by molar-refractivity contribution is 0.243. The van der Waals surface area contributed by atoms with Crippen LogP contribution in [0.25, 0.3) is 0 Å². The van der Waals surface area contributed by atoms with Gasteiger partial charge >= 0.3 is 0 Å². The molecule has 1 atom stereocenters. The summed E-state index contributed by atoms with van der Waals surface area (Å²) in [6, 6.07) is 3.73. The lowest BCUT2D eigenvalue weighted by atomic mass is 9.95. The number of sulfonamides is 1. The van der Waals surface area contributed by atoms with E-state index in [0.29, 0.717) is 17.9 Å². The van der Waals surface area contributed by atoms with Gasteiger partial charge in [0.2, 0.25) is 10.0 Å². The van der Waals surface area contributed by atoms with Crippen molar-refractivity contribution in [2.24, 2.45) is 11.8 Å². The maximum absolute atomic E-state index is 13.2. The molecule has 0 radical (unpaired) electrons. The third-order valence-electron chi connectivity index (χ3n) is 3.34. The Morgan fingerprint density at radius 3 is 2.52 bits per heavy atom. The number of benzene rings is 1. The second-order valence-electron chi connectivity index (χ2n) is 5.77. The molecule has 0 saturated heterocycles. The van der Waals surface area contributed by atoms with Crippen LogP contribution in [-0.4, -0.2) is 26.7 Å². The standard InChI is InChI=1S/C15H24FNO3S/c1-11(2)8-13(6-7-18)10-17-21(19,20)14-4-5-15(16)12(3)9-14/h4-5,9,11,13,17-18H,6-8,10H2,1-3H3. The highest BCUT2D eigenvalue weighted by Crippen LogP contribution is 2.17. The van der Waals surface area contributed by atoms with Gasteiger partial charge in [0.25, 0.3) is 0 Å². The Labute approximate surface area is 126 Å². The fourth-order valence-electron chi connectivity index (χ4n) is 2.25. The maximum Gasteiger partial charge on any atom is 0.240 e. The minimum absolute atomic E-state index is 0.0365. The molecule has 1 rings (SSSR count). The van der Waals surface area contributed by atoms with Crippen molar-refractivity contribution in [3.8, 4) is 0 Å². The average Bonchev–Trinajstić information content (AvgIpc) is 2.39. The molecule has 0 aromatic heterocycles. The van der Waals surface area contributed by atoms with Crippen LogP contribution < -0.4 is 4.72 Å². The third-order valence-corrected chi connectivity index (χ3v) is 4.77. The van der Waals surface area contributed by atoms with E-state index >= 15 is 0 Å². The van der Waals surface area contributed by atoms with Gasteiger partial charge in [-0.1, -0.05) is 13.8 Å². The average molecular weight is 317 g/mol. The molecule has 0 amide bonds. The first-order valence-electron chi connectivity index (χ1n) is 7.13. The van der Waals surface area contributed by atoms with E-state index in [0.717, 1.165) is 12.5 Å². The first kappa shape index (κ1) is 18.1. The van der Waals surface area contributed by atoms with Crippen molar-refractivity contribution in [2.75, 3.05) is 13.2 Å². The molecule has 0 spiro atoms. The zero-order valence-corrected chi connectivity index (χ0v) is 13.6. The summed E-state index contributed by atoms with van der Waals surface area (Å²) in [5, 5.41) is 9.04. The van der Waals surface area contributed by atoms with Crippen molar-refractivity contribution < 1.29 is 17.9 Å². The second-order valence-corrected chi connectivity index (χ2v) is 7.54. The molecule has 0 aliphatic heterocycles. The highest BCUT2D eigenvalue weighted by molar-refractivity contribution is 7.89. The maximum atomic E-state index is 13.2. The summed E-state index contributed by atoms with van der Waals surface area (Å²) in [6.07, 6.45) is 1.40. The molecule has 0 aliphatic rings. The van der Waals surface area contributed by atoms with Crippen LogP contribution in [0.15, 0.2) is 23.1 Å². The molecule has 0 aliphatic carbocycles. The predicted octanol–water partition coefficient (Wildman–Crippen LogP) is 2.46. The van der Waals surface area contributed by atoms with Gasteiger partial charge in [0.05, 0.1) is 4.90 Å². The Balaban J connectivity index is 2.76. The van der Waals surface area contributed by atoms with Gasteiger partial charge in [-0.3, -0.25) is 0 Å². The van der Waals surface area contributed by atoms with E-state index in [2.05, 4.69) is 18.6 Å². The Kier molecular flexibility index (Phi) is 6.77. The Morgan fingerprint density at radius 1 is 1.33 bits per heavy atom. The number of aliphatic hydroxyl groups is 1. The summed E-state index contributed by atoms with van der Waals surface area (Å²) in [6.45, 7) is 5.96. The normalized spacial score (nSPS) is 13.6. The minimum Gasteiger partial charge on any atom is -0.396 e. The number of hydrogen-bond donors (Lipinski definition) is 2. The van der Waals surface area contributed by atoms with E-state index in [4.69, 9.17) is 5.11 Å². The molecule has 4 nitrogen and oxygen atoms in total. The molecule has 0 fully saturated rings. The quantitative estimate of drug-likeness (QED) is 0.774. The van der Waals surface area contributed by atoms with E-state index in [1.165, 1.54) is 19.1 Å². The van der Waals surface area contributed by atoms with Gasteiger partial charge in [0.1, 0.15) is 5.82 Å². The molecule has 1 unspecified atom stereocenters. The van der Waals surface area contributed by atoms with Gasteiger partial charge in [0, 0.05) is 13.2 Å². The molecular weight excluding hydrogens is 293 g/mol. The molecular formula is C15H24FNO3S. The van der Waals surface area contributed by atoms with Crippen LogP contribution in [0.2, 0.25) is 0 Å². The van der Waals surface area contributed by atoms with Crippen LogP contribution >= 0.6 is 0 Å². The summed E-state index contributed by atoms with van der Waals surface area (Å²) in [4.78, 5) is 0.0636. The number of aliphatic hydroxyl groups excluding tert-OH is 1. The van der Waals surface area contributed by atoms with Crippen LogP contribution in [0.5, 0.6) is 0 Å². The SMILES string of the molecule is Cc1cc(S(=O)(=O)NCC(CCO)CC(C)C)ccc1F. The number of nitrogens with one attached hydrogen (secondary N) is 1. The van der Waals surface area contributed by atoms with Crippen molar-refractivity contribution in [1.29, 1.82) is 0 Å². The molecule has 6 heteroatoms. The molecule has 0 saturated carbocycles. The molecule has 0 heterocycles. The second kappa shape index (κ2) is 7.87. The van der Waals surface area contributed by atoms with E-state index in [-0.39, 0.29) is 24.0 Å². The van der Waals surface area contributed by atoms with Crippen molar-refractivity contribution in [3.63, 3.8) is 0 Å². The highest BCUT2D eigenvalue weighted by Gasteiger charge is 2.18. The van der Waals surface area contributed by atoms with Crippen molar-refractivity contribution in [3.05, 3.63) is 29.6 Å². The van der Waals surface area contributed by atoms with Crippen LogP contribution in [0.1, 0.15) is 32.3 Å². The zero-order chi connectivity index (χ0) is 16.0. The van der Waals surface area contributed by atoms with Gasteiger partial charge < -0.3 is 5.11 Å². The minimum atomic E-state index is -3.65. The third kappa shape index (κ3) is 5.73. The van der Waals surface area contributed by atoms with Gasteiger partial charge in [-0.25, -0.2) is 17.5 Å². The zero-order valence-electron chi connectivity index (χ0n) is 12.8. The lowest BCUT2D eigenvalue weighted by Crippen LogP contribution is -2.30.